The van der Waals surface area contributed by atoms with Gasteiger partial charge in [-0.1, -0.05) is 36.4 Å². The number of hydrogen-bond donors (Lipinski definition) is 1. The van der Waals surface area contributed by atoms with Crippen molar-refractivity contribution >= 4 is 11.9 Å². The quantitative estimate of drug-likeness (QED) is 0.749. The lowest BCUT2D eigenvalue weighted by molar-refractivity contribution is -0.0504. The zero-order valence-electron chi connectivity index (χ0n) is 15.9. The molecule has 0 radical (unpaired) electrons. The van der Waals surface area contributed by atoms with E-state index in [1.54, 1.807) is 67.6 Å². The molecule has 1 N–H and O–H groups in total. The van der Waals surface area contributed by atoms with Gasteiger partial charge in [-0.15, -0.1) is 0 Å². The van der Waals surface area contributed by atoms with E-state index < -0.39 is 42.3 Å². The maximum Gasteiger partial charge on any atom is 0.338 e. The predicted molar refractivity (Wildman–Crippen MR) is 102 cm³/mol. The molecule has 2 aromatic rings. The Labute approximate surface area is 168 Å². The molecule has 1 aliphatic heterocycles. The van der Waals surface area contributed by atoms with Crippen molar-refractivity contribution in [2.45, 2.75) is 25.2 Å². The molecule has 0 bridgehead atoms. The molecule has 0 aliphatic carbocycles. The van der Waals surface area contributed by atoms with Crippen molar-refractivity contribution in [2.24, 2.45) is 5.41 Å². The minimum atomic E-state index is -1.30. The number of carbonyl (C=O) groups excluding carboxylic acids is 2. The minimum absolute atomic E-state index is 0.228. The first-order valence-corrected chi connectivity index (χ1v) is 9.15. The zero-order valence-corrected chi connectivity index (χ0v) is 15.9. The third-order valence-electron chi connectivity index (χ3n) is 4.98. The van der Waals surface area contributed by atoms with E-state index in [1.165, 1.54) is 0 Å². The van der Waals surface area contributed by atoms with Gasteiger partial charge in [-0.2, -0.15) is 5.26 Å². The Bertz CT molecular complexity index is 895. The van der Waals surface area contributed by atoms with Crippen molar-refractivity contribution in [3.8, 4) is 6.07 Å². The second-order valence-electron chi connectivity index (χ2n) is 6.90. The number of carbonyl (C=O) groups is 2. The molecule has 0 spiro atoms. The molecule has 29 heavy (non-hydrogen) atoms. The van der Waals surface area contributed by atoms with Crippen molar-refractivity contribution in [1.82, 2.24) is 0 Å². The van der Waals surface area contributed by atoms with Crippen LogP contribution in [-0.2, 0) is 14.2 Å². The average Bonchev–Trinajstić information content (AvgIpc) is 3.04. The zero-order chi connectivity index (χ0) is 20.9. The topological polar surface area (TPSA) is 106 Å². The summed E-state index contributed by atoms with van der Waals surface area (Å²) in [6, 6.07) is 18.9. The standard InChI is InChI=1S/C22H21NO6/c1-22(14-23)18(12-24)28-17(13-27-20(25)15-8-4-2-5-9-15)19(22)29-21(26)16-10-6-3-7-11-16/h2-11,17-19,24H,12-13H2,1H3/t17-,18?,19-,22+/m1/s1. The Balaban J connectivity index is 1.77. The van der Waals surface area contributed by atoms with Gasteiger partial charge >= 0.3 is 11.9 Å². The van der Waals surface area contributed by atoms with E-state index in [4.69, 9.17) is 14.2 Å². The van der Waals surface area contributed by atoms with Gasteiger partial charge in [0.05, 0.1) is 23.8 Å². The molecule has 1 saturated heterocycles. The monoisotopic (exact) mass is 395 g/mol. The smallest absolute Gasteiger partial charge is 0.338 e. The molecule has 7 heteroatoms. The third kappa shape index (κ3) is 4.29. The number of benzene rings is 2. The number of aliphatic hydroxyl groups is 1. The fraction of sp³-hybridized carbons (Fsp3) is 0.318. The van der Waals surface area contributed by atoms with Crippen LogP contribution >= 0.6 is 0 Å². The number of ether oxygens (including phenoxy) is 3. The van der Waals surface area contributed by atoms with E-state index in [9.17, 15) is 20.0 Å². The highest BCUT2D eigenvalue weighted by molar-refractivity contribution is 5.90. The van der Waals surface area contributed by atoms with Crippen LogP contribution in [0, 0.1) is 16.7 Å². The van der Waals surface area contributed by atoms with Crippen LogP contribution in [0.3, 0.4) is 0 Å². The third-order valence-corrected chi connectivity index (χ3v) is 4.98. The van der Waals surface area contributed by atoms with E-state index in [0.717, 1.165) is 0 Å². The molecule has 1 fully saturated rings. The lowest BCUT2D eigenvalue weighted by atomic mass is 9.81. The van der Waals surface area contributed by atoms with Crippen molar-refractivity contribution in [1.29, 1.82) is 5.26 Å². The number of hydrogen-bond acceptors (Lipinski definition) is 7. The average molecular weight is 395 g/mol. The molecular weight excluding hydrogens is 374 g/mol. The summed E-state index contributed by atoms with van der Waals surface area (Å²) in [6.07, 6.45) is -2.81. The van der Waals surface area contributed by atoms with Gasteiger partial charge in [0, 0.05) is 0 Å². The molecule has 1 heterocycles. The Morgan fingerprint density at radius 1 is 1.07 bits per heavy atom. The van der Waals surface area contributed by atoms with Crippen LogP contribution < -0.4 is 0 Å². The van der Waals surface area contributed by atoms with Crippen LogP contribution in [0.4, 0.5) is 0 Å². The highest BCUT2D eigenvalue weighted by atomic mass is 16.6. The summed E-state index contributed by atoms with van der Waals surface area (Å²) in [5.41, 5.74) is -0.617. The molecule has 7 nitrogen and oxygen atoms in total. The molecule has 4 atom stereocenters. The Morgan fingerprint density at radius 2 is 1.62 bits per heavy atom. The summed E-state index contributed by atoms with van der Waals surface area (Å²) < 4.78 is 16.6. The normalized spacial score (nSPS) is 25.8. The fourth-order valence-electron chi connectivity index (χ4n) is 3.26. The summed E-state index contributed by atoms with van der Waals surface area (Å²) >= 11 is 0. The number of nitrogens with zero attached hydrogens (tertiary/aromatic N) is 1. The van der Waals surface area contributed by atoms with Gasteiger partial charge in [-0.05, 0) is 31.2 Å². The largest absolute Gasteiger partial charge is 0.459 e. The minimum Gasteiger partial charge on any atom is -0.459 e. The summed E-state index contributed by atoms with van der Waals surface area (Å²) in [5, 5.41) is 19.4. The van der Waals surface area contributed by atoms with Crippen LogP contribution in [0.25, 0.3) is 0 Å². The van der Waals surface area contributed by atoms with Gasteiger partial charge in [-0.25, -0.2) is 9.59 Å². The van der Waals surface area contributed by atoms with Gasteiger partial charge in [0.2, 0.25) is 0 Å². The van der Waals surface area contributed by atoms with Crippen molar-refractivity contribution < 1.29 is 28.9 Å². The Kier molecular flexibility index (Phi) is 6.27. The number of esters is 2. The van der Waals surface area contributed by atoms with Crippen molar-refractivity contribution in [3.63, 3.8) is 0 Å². The highest BCUT2D eigenvalue weighted by Crippen LogP contribution is 2.40. The summed E-state index contributed by atoms with van der Waals surface area (Å²) in [6.45, 7) is 0.886. The second kappa shape index (κ2) is 8.86. The van der Waals surface area contributed by atoms with Gasteiger partial charge in [0.15, 0.2) is 6.10 Å². The molecule has 2 aromatic carbocycles. The van der Waals surface area contributed by atoms with Crippen LogP contribution in [0.2, 0.25) is 0 Å². The van der Waals surface area contributed by atoms with Gasteiger partial charge < -0.3 is 19.3 Å². The molecule has 3 rings (SSSR count). The first kappa shape index (κ1) is 20.5. The fourth-order valence-corrected chi connectivity index (χ4v) is 3.26. The van der Waals surface area contributed by atoms with Crippen molar-refractivity contribution in [3.05, 3.63) is 71.8 Å². The first-order chi connectivity index (χ1) is 14.0. The molecule has 0 saturated carbocycles. The summed E-state index contributed by atoms with van der Waals surface area (Å²) in [5.74, 6) is -1.19. The number of rotatable bonds is 6. The van der Waals surface area contributed by atoms with E-state index >= 15 is 0 Å². The highest BCUT2D eigenvalue weighted by Gasteiger charge is 2.56. The van der Waals surface area contributed by atoms with Gasteiger partial charge in [0.25, 0.3) is 0 Å². The molecule has 0 amide bonds. The summed E-state index contributed by atoms with van der Waals surface area (Å²) in [4.78, 5) is 24.8. The first-order valence-electron chi connectivity index (χ1n) is 9.15. The maximum absolute atomic E-state index is 12.5. The van der Waals surface area contributed by atoms with Gasteiger partial charge in [0.1, 0.15) is 24.2 Å². The van der Waals surface area contributed by atoms with Crippen molar-refractivity contribution in [2.75, 3.05) is 13.2 Å². The molecule has 150 valence electrons. The second-order valence-corrected chi connectivity index (χ2v) is 6.90. The Morgan fingerprint density at radius 3 is 2.14 bits per heavy atom. The maximum atomic E-state index is 12.5. The molecule has 0 aromatic heterocycles. The van der Waals surface area contributed by atoms with Crippen LogP contribution in [-0.4, -0.2) is 48.6 Å². The Hall–Kier alpha value is -3.21. The SMILES string of the molecule is C[C@]1(C#N)C(CO)O[C@H](COC(=O)c2ccccc2)[C@H]1OC(=O)c1ccccc1. The van der Waals surface area contributed by atoms with Crippen LogP contribution in [0.1, 0.15) is 27.6 Å². The lowest BCUT2D eigenvalue weighted by Crippen LogP contribution is -2.43. The molecule has 1 aliphatic rings. The van der Waals surface area contributed by atoms with E-state index in [0.29, 0.717) is 11.1 Å². The summed E-state index contributed by atoms with van der Waals surface area (Å²) in [7, 11) is 0. The van der Waals surface area contributed by atoms with E-state index in [1.807, 2.05) is 0 Å². The van der Waals surface area contributed by atoms with E-state index in [2.05, 4.69) is 6.07 Å². The lowest BCUT2D eigenvalue weighted by Gasteiger charge is -2.27. The molecule has 1 unspecified atom stereocenters. The van der Waals surface area contributed by atoms with Crippen LogP contribution in [0.5, 0.6) is 0 Å². The van der Waals surface area contributed by atoms with Gasteiger partial charge in [-0.3, -0.25) is 0 Å². The predicted octanol–water partition coefficient (Wildman–Crippen LogP) is 2.36. The van der Waals surface area contributed by atoms with E-state index in [-0.39, 0.29) is 6.61 Å². The number of aliphatic hydroxyl groups excluding tert-OH is 1. The van der Waals surface area contributed by atoms with Crippen LogP contribution in [0.15, 0.2) is 60.7 Å². The molecular formula is C22H21NO6. The number of nitriles is 1.